The quantitative estimate of drug-likeness (QED) is 0.343. The Morgan fingerprint density at radius 3 is 2.00 bits per heavy atom. The maximum atomic E-state index is 10.9. The van der Waals surface area contributed by atoms with Crippen molar-refractivity contribution in [2.45, 2.75) is 84.3 Å². The number of carbonyl (C=O) groups is 1. The third kappa shape index (κ3) is 9.28. The fourth-order valence-corrected chi connectivity index (χ4v) is 2.72. The lowest BCUT2D eigenvalue weighted by molar-refractivity contribution is -0.147. The summed E-state index contributed by atoms with van der Waals surface area (Å²) in [6, 6.07) is 0. The zero-order valence-corrected chi connectivity index (χ0v) is 15.6. The van der Waals surface area contributed by atoms with Crippen LogP contribution in [0.5, 0.6) is 0 Å². The molecule has 0 aliphatic carbocycles. The molecule has 0 saturated carbocycles. The highest BCUT2D eigenvalue weighted by molar-refractivity contribution is 5.70. The van der Waals surface area contributed by atoms with E-state index in [9.17, 15) is 15.0 Å². The summed E-state index contributed by atoms with van der Waals surface area (Å²) in [4.78, 5) is 10.9. The van der Waals surface area contributed by atoms with Crippen molar-refractivity contribution in [1.29, 1.82) is 0 Å². The molecule has 24 heavy (non-hydrogen) atoms. The van der Waals surface area contributed by atoms with Crippen LogP contribution in [0.25, 0.3) is 0 Å². The first-order chi connectivity index (χ1) is 11.3. The van der Waals surface area contributed by atoms with E-state index in [2.05, 4.69) is 18.8 Å². The lowest BCUT2D eigenvalue weighted by Gasteiger charge is -2.28. The Morgan fingerprint density at radius 1 is 1.00 bits per heavy atom. The van der Waals surface area contributed by atoms with Gasteiger partial charge in [-0.05, 0) is 13.3 Å². The molecule has 0 aromatic heterocycles. The Balaban J connectivity index is 3.88. The average molecular weight is 344 g/mol. The van der Waals surface area contributed by atoms with Gasteiger partial charge in [0.25, 0.3) is 0 Å². The van der Waals surface area contributed by atoms with Crippen molar-refractivity contribution in [3.05, 3.63) is 12.3 Å². The molecule has 0 aromatic carbocycles. The molecule has 0 fully saturated rings. The summed E-state index contributed by atoms with van der Waals surface area (Å²) in [5.41, 5.74) is 0.446. The lowest BCUT2D eigenvalue weighted by atomic mass is 9.88. The van der Waals surface area contributed by atoms with Crippen LogP contribution in [0.1, 0.15) is 72.1 Å². The van der Waals surface area contributed by atoms with Crippen molar-refractivity contribution in [1.82, 2.24) is 5.32 Å². The standard InChI is InChI=1S/C19H37NO4/c1-5-6-7-8-9-10-11-12-13-20-16(4)18(22)14(2)17(21)15(3)19(23)24/h14-15,17-18,20-22H,4-13H2,1-3H3,(H,23,24)/t14-,15-,17+,18+/m0/s1. The van der Waals surface area contributed by atoms with E-state index in [1.807, 2.05) is 0 Å². The smallest absolute Gasteiger partial charge is 0.308 e. The Morgan fingerprint density at radius 2 is 1.50 bits per heavy atom. The minimum atomic E-state index is -1.11. The Kier molecular flexibility index (Phi) is 12.7. The number of aliphatic carboxylic acids is 1. The number of aliphatic hydroxyl groups is 2. The van der Waals surface area contributed by atoms with E-state index < -0.39 is 30.0 Å². The third-order valence-electron chi connectivity index (χ3n) is 4.68. The number of nitrogens with one attached hydrogen (secondary N) is 1. The molecule has 0 amide bonds. The van der Waals surface area contributed by atoms with Crippen LogP contribution in [0, 0.1) is 11.8 Å². The molecule has 5 nitrogen and oxygen atoms in total. The van der Waals surface area contributed by atoms with Crippen LogP contribution in [-0.2, 0) is 4.79 Å². The highest BCUT2D eigenvalue weighted by atomic mass is 16.4. The Bertz CT molecular complexity index is 359. The number of unbranched alkanes of at least 4 members (excludes halogenated alkanes) is 7. The van der Waals surface area contributed by atoms with Gasteiger partial charge in [0.05, 0.1) is 18.1 Å². The van der Waals surface area contributed by atoms with Gasteiger partial charge in [0.1, 0.15) is 0 Å². The molecular formula is C19H37NO4. The van der Waals surface area contributed by atoms with Crippen LogP contribution < -0.4 is 5.32 Å². The zero-order valence-electron chi connectivity index (χ0n) is 15.6. The highest BCUT2D eigenvalue weighted by Crippen LogP contribution is 2.20. The number of hydrogen-bond donors (Lipinski definition) is 4. The van der Waals surface area contributed by atoms with Gasteiger partial charge in [0, 0.05) is 18.2 Å². The minimum Gasteiger partial charge on any atom is -0.481 e. The lowest BCUT2D eigenvalue weighted by Crippen LogP contribution is -2.40. The summed E-state index contributed by atoms with van der Waals surface area (Å²) in [7, 11) is 0. The maximum Gasteiger partial charge on any atom is 0.308 e. The van der Waals surface area contributed by atoms with Gasteiger partial charge in [-0.15, -0.1) is 0 Å². The molecule has 5 heteroatoms. The predicted molar refractivity (Wildman–Crippen MR) is 97.7 cm³/mol. The van der Waals surface area contributed by atoms with Gasteiger partial charge in [0.2, 0.25) is 0 Å². The number of rotatable bonds is 15. The molecule has 0 aliphatic heterocycles. The van der Waals surface area contributed by atoms with Crippen molar-refractivity contribution in [2.75, 3.05) is 6.54 Å². The molecule has 0 aliphatic rings. The van der Waals surface area contributed by atoms with Crippen molar-refractivity contribution in [3.8, 4) is 0 Å². The first-order valence-corrected chi connectivity index (χ1v) is 9.34. The van der Waals surface area contributed by atoms with Crippen LogP contribution in [0.2, 0.25) is 0 Å². The second-order valence-electron chi connectivity index (χ2n) is 6.85. The second-order valence-corrected chi connectivity index (χ2v) is 6.85. The first kappa shape index (κ1) is 22.9. The van der Waals surface area contributed by atoms with Crippen molar-refractivity contribution in [2.24, 2.45) is 11.8 Å². The van der Waals surface area contributed by atoms with Crippen molar-refractivity contribution >= 4 is 5.97 Å². The number of hydrogen-bond acceptors (Lipinski definition) is 4. The Labute approximate surface area is 147 Å². The molecule has 4 N–H and O–H groups in total. The van der Waals surface area contributed by atoms with E-state index in [0.29, 0.717) is 5.70 Å². The maximum absolute atomic E-state index is 10.9. The van der Waals surface area contributed by atoms with Crippen LogP contribution in [-0.4, -0.2) is 40.0 Å². The number of carboxylic acid groups (broad SMARTS) is 1. The molecule has 0 spiro atoms. The van der Waals surface area contributed by atoms with Crippen LogP contribution in [0.4, 0.5) is 0 Å². The topological polar surface area (TPSA) is 89.8 Å². The summed E-state index contributed by atoms with van der Waals surface area (Å²) in [6.45, 7) is 9.84. The van der Waals surface area contributed by atoms with Gasteiger partial charge < -0.3 is 20.6 Å². The molecule has 0 aromatic rings. The van der Waals surface area contributed by atoms with Gasteiger partial charge in [-0.1, -0.05) is 65.4 Å². The molecule has 0 unspecified atom stereocenters. The highest BCUT2D eigenvalue weighted by Gasteiger charge is 2.31. The van der Waals surface area contributed by atoms with Crippen LogP contribution in [0.15, 0.2) is 12.3 Å². The summed E-state index contributed by atoms with van der Waals surface area (Å²) >= 11 is 0. The SMILES string of the molecule is C=C(NCCCCCCCCCC)[C@H](O)[C@@H](C)[C@@H](O)[C@H](C)C(=O)O. The van der Waals surface area contributed by atoms with Crippen LogP contribution >= 0.6 is 0 Å². The van der Waals surface area contributed by atoms with Crippen LogP contribution in [0.3, 0.4) is 0 Å². The molecule has 4 atom stereocenters. The summed E-state index contributed by atoms with van der Waals surface area (Å²) < 4.78 is 0. The molecule has 0 rings (SSSR count). The molecule has 0 heterocycles. The van der Waals surface area contributed by atoms with Gasteiger partial charge in [0.15, 0.2) is 0 Å². The van der Waals surface area contributed by atoms with E-state index in [-0.39, 0.29) is 0 Å². The zero-order chi connectivity index (χ0) is 18.5. The largest absolute Gasteiger partial charge is 0.481 e. The third-order valence-corrected chi connectivity index (χ3v) is 4.68. The van der Waals surface area contributed by atoms with Crippen molar-refractivity contribution in [3.63, 3.8) is 0 Å². The fraction of sp³-hybridized carbons (Fsp3) is 0.842. The van der Waals surface area contributed by atoms with E-state index in [0.717, 1.165) is 19.4 Å². The molecule has 0 saturated heterocycles. The molecule has 0 bridgehead atoms. The van der Waals surface area contributed by atoms with E-state index in [1.54, 1.807) is 6.92 Å². The summed E-state index contributed by atoms with van der Waals surface area (Å²) in [5.74, 6) is -2.58. The molecular weight excluding hydrogens is 306 g/mol. The normalized spacial score (nSPS) is 16.2. The minimum absolute atomic E-state index is 0.446. The monoisotopic (exact) mass is 343 g/mol. The molecule has 142 valence electrons. The number of carboxylic acids is 1. The van der Waals surface area contributed by atoms with Gasteiger partial charge in [-0.3, -0.25) is 4.79 Å². The number of aliphatic hydroxyl groups excluding tert-OH is 2. The van der Waals surface area contributed by atoms with Crippen molar-refractivity contribution < 1.29 is 20.1 Å². The van der Waals surface area contributed by atoms with Gasteiger partial charge in [-0.2, -0.15) is 0 Å². The van der Waals surface area contributed by atoms with Gasteiger partial charge >= 0.3 is 5.97 Å². The fourth-order valence-electron chi connectivity index (χ4n) is 2.72. The van der Waals surface area contributed by atoms with E-state index >= 15 is 0 Å². The molecule has 0 radical (unpaired) electrons. The second kappa shape index (κ2) is 13.2. The van der Waals surface area contributed by atoms with E-state index in [4.69, 9.17) is 5.11 Å². The predicted octanol–water partition coefficient (Wildman–Crippen LogP) is 3.31. The van der Waals surface area contributed by atoms with E-state index in [1.165, 1.54) is 45.4 Å². The summed E-state index contributed by atoms with van der Waals surface area (Å²) in [6.07, 6.45) is 7.83. The first-order valence-electron chi connectivity index (χ1n) is 9.34. The Hall–Kier alpha value is -1.07. The summed E-state index contributed by atoms with van der Waals surface area (Å²) in [5, 5.41) is 32.2. The average Bonchev–Trinajstić information content (AvgIpc) is 2.57. The van der Waals surface area contributed by atoms with Gasteiger partial charge in [-0.25, -0.2) is 0 Å².